The van der Waals surface area contributed by atoms with E-state index in [1.807, 2.05) is 34.6 Å². The lowest BCUT2D eigenvalue weighted by molar-refractivity contribution is 0.0474. The molecule has 1 fully saturated rings. The van der Waals surface area contributed by atoms with Gasteiger partial charge < -0.3 is 20.7 Å². The van der Waals surface area contributed by atoms with Crippen LogP contribution in [0.2, 0.25) is 0 Å². The standard InChI is InChI=1S/C17H35N5O4S/c1-16(2,3)26-15(23)21-17(4,5)12-20-14(18-6)19-11-13-9-8-10-22(13)27(7,24)25/h13H,8-12H2,1-7H3,(H,21,23)(H2,18,19,20)/t13-/m1/s1. The Kier molecular flexibility index (Phi) is 7.91. The molecular formula is C17H35N5O4S. The van der Waals surface area contributed by atoms with Gasteiger partial charge in [-0.25, -0.2) is 13.2 Å². The van der Waals surface area contributed by atoms with Crippen LogP contribution >= 0.6 is 0 Å². The van der Waals surface area contributed by atoms with E-state index in [0.29, 0.717) is 25.6 Å². The van der Waals surface area contributed by atoms with Crippen LogP contribution in [0.3, 0.4) is 0 Å². The van der Waals surface area contributed by atoms with E-state index in [2.05, 4.69) is 20.9 Å². The van der Waals surface area contributed by atoms with Gasteiger partial charge in [-0.2, -0.15) is 4.31 Å². The summed E-state index contributed by atoms with van der Waals surface area (Å²) in [6.07, 6.45) is 2.44. The van der Waals surface area contributed by atoms with Crippen LogP contribution in [0.4, 0.5) is 4.79 Å². The molecule has 1 amide bonds. The maximum atomic E-state index is 11.9. The second-order valence-electron chi connectivity index (χ2n) is 8.49. The first-order valence-corrected chi connectivity index (χ1v) is 11.0. The number of ether oxygens (including phenoxy) is 1. The highest BCUT2D eigenvalue weighted by atomic mass is 32.2. The number of nitrogens with zero attached hydrogens (tertiary/aromatic N) is 2. The number of carbonyl (C=O) groups excluding carboxylic acids is 1. The molecule has 0 spiro atoms. The number of carbonyl (C=O) groups is 1. The number of hydrogen-bond acceptors (Lipinski definition) is 5. The lowest BCUT2D eigenvalue weighted by Crippen LogP contribution is -2.55. The third-order valence-electron chi connectivity index (χ3n) is 4.01. The molecule has 9 nitrogen and oxygen atoms in total. The summed E-state index contributed by atoms with van der Waals surface area (Å²) in [5.74, 6) is 0.550. The Morgan fingerprint density at radius 3 is 2.37 bits per heavy atom. The van der Waals surface area contributed by atoms with Gasteiger partial charge in [0.15, 0.2) is 5.96 Å². The Morgan fingerprint density at radius 1 is 1.22 bits per heavy atom. The maximum Gasteiger partial charge on any atom is 0.408 e. The first kappa shape index (κ1) is 23.5. The van der Waals surface area contributed by atoms with Gasteiger partial charge in [0.25, 0.3) is 0 Å². The Balaban J connectivity index is 2.50. The lowest BCUT2D eigenvalue weighted by Gasteiger charge is -2.30. The van der Waals surface area contributed by atoms with Gasteiger partial charge in [0, 0.05) is 32.7 Å². The molecule has 1 heterocycles. The fraction of sp³-hybridized carbons (Fsp3) is 0.882. The average molecular weight is 406 g/mol. The van der Waals surface area contributed by atoms with Crippen molar-refractivity contribution >= 4 is 22.1 Å². The van der Waals surface area contributed by atoms with E-state index in [1.54, 1.807) is 7.05 Å². The third kappa shape index (κ3) is 8.79. The van der Waals surface area contributed by atoms with Crippen molar-refractivity contribution < 1.29 is 17.9 Å². The summed E-state index contributed by atoms with van der Waals surface area (Å²) in [5.41, 5.74) is -1.12. The summed E-state index contributed by atoms with van der Waals surface area (Å²) >= 11 is 0. The zero-order valence-corrected chi connectivity index (χ0v) is 18.4. The summed E-state index contributed by atoms with van der Waals surface area (Å²) in [4.78, 5) is 16.1. The summed E-state index contributed by atoms with van der Waals surface area (Å²) in [5, 5.41) is 9.14. The Labute approximate surface area is 163 Å². The van der Waals surface area contributed by atoms with Gasteiger partial charge in [-0.1, -0.05) is 0 Å². The fourth-order valence-electron chi connectivity index (χ4n) is 2.81. The number of hydrogen-bond donors (Lipinski definition) is 3. The predicted octanol–water partition coefficient (Wildman–Crippen LogP) is 0.879. The molecule has 0 aromatic rings. The molecule has 0 radical (unpaired) electrons. The highest BCUT2D eigenvalue weighted by Gasteiger charge is 2.31. The van der Waals surface area contributed by atoms with E-state index in [-0.39, 0.29) is 6.04 Å². The predicted molar refractivity (Wildman–Crippen MR) is 107 cm³/mol. The molecule has 158 valence electrons. The van der Waals surface area contributed by atoms with Gasteiger partial charge in [0.2, 0.25) is 10.0 Å². The Morgan fingerprint density at radius 2 is 1.85 bits per heavy atom. The molecule has 3 N–H and O–H groups in total. The van der Waals surface area contributed by atoms with Gasteiger partial charge in [-0.3, -0.25) is 4.99 Å². The van der Waals surface area contributed by atoms with E-state index in [1.165, 1.54) is 10.6 Å². The molecule has 10 heteroatoms. The fourth-order valence-corrected chi connectivity index (χ4v) is 4.00. The van der Waals surface area contributed by atoms with Crippen LogP contribution in [0.1, 0.15) is 47.5 Å². The zero-order valence-electron chi connectivity index (χ0n) is 17.5. The molecular weight excluding hydrogens is 370 g/mol. The lowest BCUT2D eigenvalue weighted by atomic mass is 10.1. The number of aliphatic imine (C=N–C) groups is 1. The van der Waals surface area contributed by atoms with E-state index in [9.17, 15) is 13.2 Å². The zero-order chi connectivity index (χ0) is 20.9. The second kappa shape index (κ2) is 9.09. The topological polar surface area (TPSA) is 112 Å². The first-order chi connectivity index (χ1) is 12.2. The van der Waals surface area contributed by atoms with Crippen molar-refractivity contribution in [1.82, 2.24) is 20.3 Å². The Bertz CT molecular complexity index is 640. The molecule has 27 heavy (non-hydrogen) atoms. The van der Waals surface area contributed by atoms with Crippen LogP contribution in [0.25, 0.3) is 0 Å². The first-order valence-electron chi connectivity index (χ1n) is 9.16. The number of alkyl carbamates (subject to hydrolysis) is 1. The average Bonchev–Trinajstić information content (AvgIpc) is 2.93. The van der Waals surface area contributed by atoms with Crippen molar-refractivity contribution in [2.75, 3.05) is 32.9 Å². The van der Waals surface area contributed by atoms with E-state index >= 15 is 0 Å². The van der Waals surface area contributed by atoms with Gasteiger partial charge in [0.05, 0.1) is 11.8 Å². The summed E-state index contributed by atoms with van der Waals surface area (Å²) in [6.45, 7) is 10.6. The van der Waals surface area contributed by atoms with Crippen molar-refractivity contribution in [2.45, 2.75) is 64.6 Å². The largest absolute Gasteiger partial charge is 0.444 e. The van der Waals surface area contributed by atoms with Gasteiger partial charge in [-0.15, -0.1) is 0 Å². The molecule has 1 saturated heterocycles. The molecule has 1 rings (SSSR count). The van der Waals surface area contributed by atoms with E-state index < -0.39 is 27.3 Å². The van der Waals surface area contributed by atoms with Crippen LogP contribution in [-0.4, -0.2) is 74.9 Å². The van der Waals surface area contributed by atoms with Crippen LogP contribution in [-0.2, 0) is 14.8 Å². The summed E-state index contributed by atoms with van der Waals surface area (Å²) in [6, 6.07) is -0.0774. The summed E-state index contributed by atoms with van der Waals surface area (Å²) in [7, 11) is -1.55. The highest BCUT2D eigenvalue weighted by molar-refractivity contribution is 7.88. The second-order valence-corrected chi connectivity index (χ2v) is 10.4. The van der Waals surface area contributed by atoms with Crippen molar-refractivity contribution in [2.24, 2.45) is 4.99 Å². The number of guanidine groups is 1. The van der Waals surface area contributed by atoms with Crippen molar-refractivity contribution in [3.05, 3.63) is 0 Å². The SMILES string of the molecule is CN=C(NC[C@H]1CCCN1S(C)(=O)=O)NCC(C)(C)NC(=O)OC(C)(C)C. The normalized spacial score (nSPS) is 19.7. The quantitative estimate of drug-likeness (QED) is 0.447. The Hall–Kier alpha value is -1.55. The van der Waals surface area contributed by atoms with Gasteiger partial charge in [0.1, 0.15) is 5.60 Å². The molecule has 0 bridgehead atoms. The van der Waals surface area contributed by atoms with Gasteiger partial charge in [-0.05, 0) is 47.5 Å². The molecule has 0 saturated carbocycles. The number of sulfonamides is 1. The monoisotopic (exact) mass is 405 g/mol. The molecule has 1 atom stereocenters. The van der Waals surface area contributed by atoms with Crippen LogP contribution < -0.4 is 16.0 Å². The van der Waals surface area contributed by atoms with Gasteiger partial charge >= 0.3 is 6.09 Å². The van der Waals surface area contributed by atoms with E-state index in [4.69, 9.17) is 4.74 Å². The third-order valence-corrected chi connectivity index (χ3v) is 5.35. The van der Waals surface area contributed by atoms with Crippen LogP contribution in [0, 0.1) is 0 Å². The maximum absolute atomic E-state index is 11.9. The minimum atomic E-state index is -3.20. The smallest absolute Gasteiger partial charge is 0.408 e. The number of rotatable bonds is 6. The summed E-state index contributed by atoms with van der Waals surface area (Å²) < 4.78 is 30.4. The van der Waals surface area contributed by atoms with E-state index in [0.717, 1.165) is 12.8 Å². The highest BCUT2D eigenvalue weighted by Crippen LogP contribution is 2.19. The minimum Gasteiger partial charge on any atom is -0.444 e. The molecule has 0 unspecified atom stereocenters. The number of nitrogens with one attached hydrogen (secondary N) is 3. The molecule has 0 aliphatic carbocycles. The van der Waals surface area contributed by atoms with Crippen molar-refractivity contribution in [3.8, 4) is 0 Å². The van der Waals surface area contributed by atoms with Crippen LogP contribution in [0.15, 0.2) is 4.99 Å². The molecule has 1 aliphatic rings. The molecule has 0 aromatic heterocycles. The van der Waals surface area contributed by atoms with Crippen LogP contribution in [0.5, 0.6) is 0 Å². The number of amides is 1. The molecule has 1 aliphatic heterocycles. The molecule has 0 aromatic carbocycles. The van der Waals surface area contributed by atoms with Crippen molar-refractivity contribution in [3.63, 3.8) is 0 Å². The van der Waals surface area contributed by atoms with Crippen molar-refractivity contribution in [1.29, 1.82) is 0 Å². The minimum absolute atomic E-state index is 0.0774.